The van der Waals surface area contributed by atoms with Crippen LogP contribution in [0, 0.1) is 0 Å². The molecule has 0 bridgehead atoms. The van der Waals surface area contributed by atoms with Crippen LogP contribution >= 0.6 is 0 Å². The lowest BCUT2D eigenvalue weighted by atomic mass is 9.87. The topological polar surface area (TPSA) is 41.1 Å². The van der Waals surface area contributed by atoms with Crippen LogP contribution in [0.3, 0.4) is 0 Å². The van der Waals surface area contributed by atoms with Crippen molar-refractivity contribution in [3.63, 3.8) is 0 Å². The average molecular weight is 290 g/mol. The maximum atomic E-state index is 12.2. The van der Waals surface area contributed by atoms with E-state index in [2.05, 4.69) is 57.4 Å². The molecule has 21 heavy (non-hydrogen) atoms. The number of anilines is 1. The lowest BCUT2D eigenvalue weighted by Gasteiger charge is -2.21. The van der Waals surface area contributed by atoms with E-state index >= 15 is 0 Å². The predicted molar refractivity (Wildman–Crippen MR) is 90.7 cm³/mol. The summed E-state index contributed by atoms with van der Waals surface area (Å²) in [7, 11) is 0. The van der Waals surface area contributed by atoms with Crippen LogP contribution in [0.2, 0.25) is 0 Å². The lowest BCUT2D eigenvalue weighted by molar-refractivity contribution is -0.118. The van der Waals surface area contributed by atoms with Gasteiger partial charge in [-0.1, -0.05) is 46.8 Å². The number of carbonyl (C=O) groups is 1. The smallest absolute Gasteiger partial charge is 0.241 e. The molecular formula is C18H30N2O. The van der Waals surface area contributed by atoms with Crippen LogP contribution in [0.4, 0.5) is 5.69 Å². The van der Waals surface area contributed by atoms with E-state index in [1.807, 2.05) is 19.1 Å². The van der Waals surface area contributed by atoms with Gasteiger partial charge in [-0.15, -0.1) is 0 Å². The molecule has 0 radical (unpaired) electrons. The summed E-state index contributed by atoms with van der Waals surface area (Å²) >= 11 is 0. The molecule has 118 valence electrons. The third kappa shape index (κ3) is 5.50. The Kier molecular flexibility index (Phi) is 6.41. The quantitative estimate of drug-likeness (QED) is 0.828. The zero-order valence-corrected chi connectivity index (χ0v) is 14.3. The summed E-state index contributed by atoms with van der Waals surface area (Å²) < 4.78 is 0. The van der Waals surface area contributed by atoms with Crippen molar-refractivity contribution >= 4 is 11.6 Å². The predicted octanol–water partition coefficient (Wildman–Crippen LogP) is 4.09. The minimum absolute atomic E-state index is 0.0189. The molecule has 3 nitrogen and oxygen atoms in total. The number of benzene rings is 1. The van der Waals surface area contributed by atoms with Crippen molar-refractivity contribution in [3.05, 3.63) is 29.8 Å². The number of hydrogen-bond acceptors (Lipinski definition) is 2. The highest BCUT2D eigenvalue weighted by Gasteiger charge is 2.17. The number of rotatable bonds is 6. The Bertz CT molecular complexity index is 441. The van der Waals surface area contributed by atoms with E-state index in [4.69, 9.17) is 0 Å². The Balaban J connectivity index is 2.62. The van der Waals surface area contributed by atoms with Gasteiger partial charge in [-0.05, 0) is 42.9 Å². The molecule has 3 heteroatoms. The van der Waals surface area contributed by atoms with Gasteiger partial charge >= 0.3 is 0 Å². The Morgan fingerprint density at radius 1 is 1.10 bits per heavy atom. The highest BCUT2D eigenvalue weighted by atomic mass is 16.2. The van der Waals surface area contributed by atoms with Crippen molar-refractivity contribution in [2.24, 2.45) is 0 Å². The van der Waals surface area contributed by atoms with Gasteiger partial charge in [0.25, 0.3) is 0 Å². The van der Waals surface area contributed by atoms with Crippen molar-refractivity contribution in [2.45, 2.75) is 71.9 Å². The van der Waals surface area contributed by atoms with Gasteiger partial charge in [0.05, 0.1) is 6.04 Å². The van der Waals surface area contributed by atoms with Gasteiger partial charge < -0.3 is 10.6 Å². The minimum Gasteiger partial charge on any atom is -0.325 e. The molecule has 0 heterocycles. The molecule has 0 saturated carbocycles. The summed E-state index contributed by atoms with van der Waals surface area (Å²) in [5, 5.41) is 6.33. The molecule has 1 amide bonds. The fourth-order valence-corrected chi connectivity index (χ4v) is 2.26. The molecule has 0 aliphatic rings. The fraction of sp³-hybridized carbons (Fsp3) is 0.611. The largest absolute Gasteiger partial charge is 0.325 e. The summed E-state index contributed by atoms with van der Waals surface area (Å²) in [6.45, 7) is 12.7. The molecule has 1 unspecified atom stereocenters. The Morgan fingerprint density at radius 2 is 1.62 bits per heavy atom. The number of amides is 1. The third-order valence-electron chi connectivity index (χ3n) is 3.88. The second-order valence-electron chi connectivity index (χ2n) is 6.72. The van der Waals surface area contributed by atoms with Crippen molar-refractivity contribution in [3.8, 4) is 0 Å². The van der Waals surface area contributed by atoms with E-state index in [1.165, 1.54) is 5.56 Å². The Hall–Kier alpha value is -1.35. The molecule has 1 rings (SSSR count). The second kappa shape index (κ2) is 7.60. The maximum Gasteiger partial charge on any atom is 0.241 e. The van der Waals surface area contributed by atoms with Gasteiger partial charge in [0.2, 0.25) is 5.91 Å². The number of hydrogen-bond donors (Lipinski definition) is 2. The van der Waals surface area contributed by atoms with Gasteiger partial charge in [0.1, 0.15) is 0 Å². The summed E-state index contributed by atoms with van der Waals surface area (Å²) in [4.78, 5) is 12.2. The molecular weight excluding hydrogens is 260 g/mol. The van der Waals surface area contributed by atoms with Gasteiger partial charge in [-0.2, -0.15) is 0 Å². The van der Waals surface area contributed by atoms with E-state index in [-0.39, 0.29) is 17.4 Å². The normalized spacial score (nSPS) is 13.3. The summed E-state index contributed by atoms with van der Waals surface area (Å²) in [6.07, 6.45) is 2.07. The summed E-state index contributed by atoms with van der Waals surface area (Å²) in [5.74, 6) is 0.0189. The van der Waals surface area contributed by atoms with Gasteiger partial charge in [0.15, 0.2) is 0 Å². The SMILES string of the molecule is CCC(CC)NC(C)C(=O)Nc1ccc(C(C)(C)C)cc1. The van der Waals surface area contributed by atoms with Crippen molar-refractivity contribution < 1.29 is 4.79 Å². The van der Waals surface area contributed by atoms with Gasteiger partial charge in [-0.3, -0.25) is 4.79 Å². The first kappa shape index (κ1) is 17.7. The summed E-state index contributed by atoms with van der Waals surface area (Å²) in [5.41, 5.74) is 2.25. The first-order valence-electron chi connectivity index (χ1n) is 7.95. The van der Waals surface area contributed by atoms with Crippen molar-refractivity contribution in [2.75, 3.05) is 5.32 Å². The average Bonchev–Trinajstić information content (AvgIpc) is 2.44. The molecule has 0 spiro atoms. The van der Waals surface area contributed by atoms with Crippen molar-refractivity contribution in [1.82, 2.24) is 5.32 Å². The molecule has 0 aliphatic heterocycles. The third-order valence-corrected chi connectivity index (χ3v) is 3.88. The van der Waals surface area contributed by atoms with E-state index < -0.39 is 0 Å². The number of nitrogens with one attached hydrogen (secondary N) is 2. The van der Waals surface area contributed by atoms with E-state index in [9.17, 15) is 4.79 Å². The first-order chi connectivity index (χ1) is 9.77. The van der Waals surface area contributed by atoms with E-state index in [0.717, 1.165) is 18.5 Å². The molecule has 1 aromatic rings. The van der Waals surface area contributed by atoms with Crippen LogP contribution in [0.25, 0.3) is 0 Å². The number of carbonyl (C=O) groups excluding carboxylic acids is 1. The molecule has 0 saturated heterocycles. The molecule has 0 fully saturated rings. The van der Waals surface area contributed by atoms with E-state index in [0.29, 0.717) is 6.04 Å². The Morgan fingerprint density at radius 3 is 2.05 bits per heavy atom. The van der Waals surface area contributed by atoms with Gasteiger partial charge in [0, 0.05) is 11.7 Å². The maximum absolute atomic E-state index is 12.2. The fourth-order valence-electron chi connectivity index (χ4n) is 2.26. The van der Waals surface area contributed by atoms with Crippen molar-refractivity contribution in [1.29, 1.82) is 0 Å². The minimum atomic E-state index is -0.183. The first-order valence-corrected chi connectivity index (χ1v) is 7.95. The van der Waals surface area contributed by atoms with Gasteiger partial charge in [-0.25, -0.2) is 0 Å². The zero-order valence-electron chi connectivity index (χ0n) is 14.3. The lowest BCUT2D eigenvalue weighted by Crippen LogP contribution is -2.43. The highest BCUT2D eigenvalue weighted by molar-refractivity contribution is 5.94. The second-order valence-corrected chi connectivity index (χ2v) is 6.72. The van der Waals surface area contributed by atoms with Crippen LogP contribution < -0.4 is 10.6 Å². The van der Waals surface area contributed by atoms with Crippen LogP contribution in [-0.2, 0) is 10.2 Å². The molecule has 1 aromatic carbocycles. The molecule has 0 aromatic heterocycles. The van der Waals surface area contributed by atoms with Crippen LogP contribution in [0.1, 0.15) is 59.9 Å². The summed E-state index contributed by atoms with van der Waals surface area (Å²) in [6, 6.07) is 8.32. The highest BCUT2D eigenvalue weighted by Crippen LogP contribution is 2.23. The standard InChI is InChI=1S/C18H30N2O/c1-7-15(8-2)19-13(3)17(21)20-16-11-9-14(10-12-16)18(4,5)6/h9-13,15,19H,7-8H2,1-6H3,(H,20,21). The van der Waals surface area contributed by atoms with E-state index in [1.54, 1.807) is 0 Å². The molecule has 1 atom stereocenters. The van der Waals surface area contributed by atoms with Crippen LogP contribution in [-0.4, -0.2) is 18.0 Å². The Labute approximate surface area is 129 Å². The monoisotopic (exact) mass is 290 g/mol. The molecule has 0 aliphatic carbocycles. The van der Waals surface area contributed by atoms with Crippen LogP contribution in [0.15, 0.2) is 24.3 Å². The van der Waals surface area contributed by atoms with Crippen LogP contribution in [0.5, 0.6) is 0 Å². The molecule has 2 N–H and O–H groups in total. The zero-order chi connectivity index (χ0) is 16.0.